The van der Waals surface area contributed by atoms with E-state index < -0.39 is 0 Å². The minimum absolute atomic E-state index is 0.518. The molecule has 0 saturated heterocycles. The van der Waals surface area contributed by atoms with Gasteiger partial charge in [0.25, 0.3) is 0 Å². The molecule has 1 saturated carbocycles. The van der Waals surface area contributed by atoms with Crippen molar-refractivity contribution in [2.45, 2.75) is 31.8 Å². The largest absolute Gasteiger partial charge is 0.383 e. The van der Waals surface area contributed by atoms with E-state index in [1.54, 1.807) is 12.4 Å². The predicted octanol–water partition coefficient (Wildman–Crippen LogP) is 2.45. The highest BCUT2D eigenvalue weighted by atomic mass is 16.5. The molecule has 1 aliphatic carbocycles. The first-order chi connectivity index (χ1) is 7.45. The molecule has 0 spiro atoms. The average Bonchev–Trinajstić information content (AvgIpc) is 2.79. The Balaban J connectivity index is 1.59. The second-order valence-corrected chi connectivity index (χ2v) is 3.94. The van der Waals surface area contributed by atoms with Gasteiger partial charge in [-0.3, -0.25) is 4.98 Å². The molecule has 1 aliphatic rings. The third kappa shape index (κ3) is 3.51. The quantitative estimate of drug-likeness (QED) is 0.751. The summed E-state index contributed by atoms with van der Waals surface area (Å²) in [5.41, 5.74) is 1.11. The van der Waals surface area contributed by atoms with Crippen molar-refractivity contribution in [2.24, 2.45) is 0 Å². The van der Waals surface area contributed by atoms with Crippen molar-refractivity contribution < 1.29 is 4.74 Å². The second kappa shape index (κ2) is 5.71. The smallest absolute Gasteiger partial charge is 0.0642 e. The van der Waals surface area contributed by atoms with Gasteiger partial charge in [0.1, 0.15) is 0 Å². The molecule has 1 fully saturated rings. The molecular formula is C12H18N2O. The van der Waals surface area contributed by atoms with Gasteiger partial charge in [-0.1, -0.05) is 12.8 Å². The Hall–Kier alpha value is -1.09. The summed E-state index contributed by atoms with van der Waals surface area (Å²) >= 11 is 0. The first kappa shape index (κ1) is 10.4. The molecule has 0 aliphatic heterocycles. The Labute approximate surface area is 90.9 Å². The zero-order chi connectivity index (χ0) is 10.3. The predicted molar refractivity (Wildman–Crippen MR) is 60.9 cm³/mol. The SMILES string of the molecule is c1cc(NCCOC2CCCC2)ccn1. The van der Waals surface area contributed by atoms with Crippen LogP contribution in [0.15, 0.2) is 24.5 Å². The molecule has 0 bridgehead atoms. The van der Waals surface area contributed by atoms with E-state index in [1.165, 1.54) is 25.7 Å². The van der Waals surface area contributed by atoms with Gasteiger partial charge < -0.3 is 10.1 Å². The number of anilines is 1. The van der Waals surface area contributed by atoms with Gasteiger partial charge in [-0.2, -0.15) is 0 Å². The molecule has 0 radical (unpaired) electrons. The van der Waals surface area contributed by atoms with Crippen LogP contribution in [0.25, 0.3) is 0 Å². The van der Waals surface area contributed by atoms with Crippen LogP contribution in [0.1, 0.15) is 25.7 Å². The van der Waals surface area contributed by atoms with Crippen LogP contribution < -0.4 is 5.32 Å². The van der Waals surface area contributed by atoms with Crippen LogP contribution in [0.4, 0.5) is 5.69 Å². The van der Waals surface area contributed by atoms with Crippen molar-refractivity contribution in [3.8, 4) is 0 Å². The molecule has 82 valence electrons. The lowest BCUT2D eigenvalue weighted by atomic mass is 10.3. The lowest BCUT2D eigenvalue weighted by Crippen LogP contribution is -2.15. The summed E-state index contributed by atoms with van der Waals surface area (Å²) in [7, 11) is 0. The van der Waals surface area contributed by atoms with Crippen molar-refractivity contribution in [1.82, 2.24) is 4.98 Å². The number of pyridine rings is 1. The number of nitrogens with zero attached hydrogens (tertiary/aromatic N) is 1. The molecule has 0 unspecified atom stereocenters. The summed E-state index contributed by atoms with van der Waals surface area (Å²) in [6.07, 6.45) is 9.26. The molecule has 2 rings (SSSR count). The summed E-state index contributed by atoms with van der Waals surface area (Å²) < 4.78 is 5.75. The highest BCUT2D eigenvalue weighted by Crippen LogP contribution is 2.20. The van der Waals surface area contributed by atoms with Crippen molar-refractivity contribution in [3.05, 3.63) is 24.5 Å². The van der Waals surface area contributed by atoms with E-state index >= 15 is 0 Å². The Morgan fingerprint density at radius 3 is 2.73 bits per heavy atom. The number of nitrogens with one attached hydrogen (secondary N) is 1. The summed E-state index contributed by atoms with van der Waals surface area (Å²) in [4.78, 5) is 3.97. The average molecular weight is 206 g/mol. The van der Waals surface area contributed by atoms with Crippen LogP contribution in [0.5, 0.6) is 0 Å². The standard InChI is InChI=1S/C12H18N2O/c1-2-4-12(3-1)15-10-9-14-11-5-7-13-8-6-11/h5-8,12H,1-4,9-10H2,(H,13,14). The summed E-state index contributed by atoms with van der Waals surface area (Å²) in [5, 5.41) is 3.30. The fourth-order valence-corrected chi connectivity index (χ4v) is 1.95. The van der Waals surface area contributed by atoms with E-state index in [0.29, 0.717) is 6.10 Å². The van der Waals surface area contributed by atoms with Crippen LogP contribution in [0, 0.1) is 0 Å². The van der Waals surface area contributed by atoms with Gasteiger partial charge >= 0.3 is 0 Å². The lowest BCUT2D eigenvalue weighted by molar-refractivity contribution is 0.0659. The maximum absolute atomic E-state index is 5.75. The molecule has 3 nitrogen and oxygen atoms in total. The minimum atomic E-state index is 0.518. The maximum atomic E-state index is 5.75. The second-order valence-electron chi connectivity index (χ2n) is 3.94. The molecule has 0 atom stereocenters. The van der Waals surface area contributed by atoms with Gasteiger partial charge in [0, 0.05) is 24.6 Å². The highest BCUT2D eigenvalue weighted by Gasteiger charge is 2.14. The molecule has 1 heterocycles. The minimum Gasteiger partial charge on any atom is -0.383 e. The van der Waals surface area contributed by atoms with Crippen LogP contribution in [-0.2, 0) is 4.74 Å². The number of aromatic nitrogens is 1. The highest BCUT2D eigenvalue weighted by molar-refractivity contribution is 5.40. The van der Waals surface area contributed by atoms with E-state index in [2.05, 4.69) is 10.3 Å². The lowest BCUT2D eigenvalue weighted by Gasteiger charge is -2.11. The van der Waals surface area contributed by atoms with Crippen LogP contribution in [-0.4, -0.2) is 24.2 Å². The molecule has 1 aromatic rings. The Morgan fingerprint density at radius 1 is 1.27 bits per heavy atom. The van der Waals surface area contributed by atoms with Gasteiger partial charge in [0.2, 0.25) is 0 Å². The van der Waals surface area contributed by atoms with Crippen molar-refractivity contribution >= 4 is 5.69 Å². The van der Waals surface area contributed by atoms with Gasteiger partial charge in [0.05, 0.1) is 12.7 Å². The summed E-state index contributed by atoms with van der Waals surface area (Å²) in [5.74, 6) is 0. The number of hydrogen-bond acceptors (Lipinski definition) is 3. The molecule has 1 N–H and O–H groups in total. The number of rotatable bonds is 5. The van der Waals surface area contributed by atoms with Gasteiger partial charge in [0.15, 0.2) is 0 Å². The van der Waals surface area contributed by atoms with E-state index in [-0.39, 0.29) is 0 Å². The third-order valence-corrected chi connectivity index (χ3v) is 2.77. The van der Waals surface area contributed by atoms with E-state index in [0.717, 1.165) is 18.8 Å². The van der Waals surface area contributed by atoms with Gasteiger partial charge in [-0.05, 0) is 25.0 Å². The summed E-state index contributed by atoms with van der Waals surface area (Å²) in [6.45, 7) is 1.67. The van der Waals surface area contributed by atoms with Crippen LogP contribution in [0.2, 0.25) is 0 Å². The summed E-state index contributed by atoms with van der Waals surface area (Å²) in [6, 6.07) is 3.94. The van der Waals surface area contributed by atoms with Gasteiger partial charge in [-0.15, -0.1) is 0 Å². The Kier molecular flexibility index (Phi) is 3.97. The monoisotopic (exact) mass is 206 g/mol. The Bertz CT molecular complexity index is 270. The molecule has 0 amide bonds. The third-order valence-electron chi connectivity index (χ3n) is 2.77. The molecule has 3 heteroatoms. The van der Waals surface area contributed by atoms with Crippen molar-refractivity contribution in [3.63, 3.8) is 0 Å². The topological polar surface area (TPSA) is 34.1 Å². The van der Waals surface area contributed by atoms with Crippen LogP contribution >= 0.6 is 0 Å². The van der Waals surface area contributed by atoms with Gasteiger partial charge in [-0.25, -0.2) is 0 Å². The first-order valence-electron chi connectivity index (χ1n) is 5.70. The fraction of sp³-hybridized carbons (Fsp3) is 0.583. The van der Waals surface area contributed by atoms with Crippen LogP contribution in [0.3, 0.4) is 0 Å². The maximum Gasteiger partial charge on any atom is 0.0642 e. The number of ether oxygens (including phenoxy) is 1. The zero-order valence-electron chi connectivity index (χ0n) is 8.98. The normalized spacial score (nSPS) is 16.8. The molecular weight excluding hydrogens is 188 g/mol. The molecule has 1 aromatic heterocycles. The fourth-order valence-electron chi connectivity index (χ4n) is 1.95. The van der Waals surface area contributed by atoms with E-state index in [9.17, 15) is 0 Å². The first-order valence-corrected chi connectivity index (χ1v) is 5.70. The molecule has 15 heavy (non-hydrogen) atoms. The zero-order valence-corrected chi connectivity index (χ0v) is 8.98. The van der Waals surface area contributed by atoms with Crippen molar-refractivity contribution in [2.75, 3.05) is 18.5 Å². The van der Waals surface area contributed by atoms with E-state index in [1.807, 2.05) is 12.1 Å². The van der Waals surface area contributed by atoms with E-state index in [4.69, 9.17) is 4.74 Å². The number of hydrogen-bond donors (Lipinski definition) is 1. The van der Waals surface area contributed by atoms with Crippen molar-refractivity contribution in [1.29, 1.82) is 0 Å². The Morgan fingerprint density at radius 2 is 2.00 bits per heavy atom. The molecule has 0 aromatic carbocycles.